The lowest BCUT2D eigenvalue weighted by molar-refractivity contribution is -0.132. The van der Waals surface area contributed by atoms with Gasteiger partial charge >= 0.3 is 0 Å². The molecule has 154 valence electrons. The Bertz CT molecular complexity index is 838. The number of nitrogens with one attached hydrogen (secondary N) is 2. The van der Waals surface area contributed by atoms with Gasteiger partial charge in [0.05, 0.1) is 5.56 Å². The fourth-order valence-electron chi connectivity index (χ4n) is 3.22. The van der Waals surface area contributed by atoms with Crippen LogP contribution in [0, 0.1) is 5.82 Å². The van der Waals surface area contributed by atoms with Crippen molar-refractivity contribution in [1.82, 2.24) is 15.5 Å². The van der Waals surface area contributed by atoms with Gasteiger partial charge in [0.15, 0.2) is 6.61 Å². The van der Waals surface area contributed by atoms with E-state index in [-0.39, 0.29) is 18.1 Å². The van der Waals surface area contributed by atoms with E-state index in [9.17, 15) is 14.0 Å². The molecule has 0 unspecified atom stereocenters. The first-order valence-corrected chi connectivity index (χ1v) is 9.87. The molecule has 0 aliphatic carbocycles. The minimum atomic E-state index is -0.535. The monoisotopic (exact) mass is 399 g/mol. The molecule has 2 amide bonds. The zero-order chi connectivity index (χ0) is 20.5. The number of ether oxygens (including phenoxy) is 1. The molecule has 2 aromatic carbocycles. The van der Waals surface area contributed by atoms with Crippen LogP contribution in [0.15, 0.2) is 48.5 Å². The number of halogens is 1. The van der Waals surface area contributed by atoms with Gasteiger partial charge in [-0.25, -0.2) is 4.39 Å². The predicted octanol–water partition coefficient (Wildman–Crippen LogP) is 2.35. The Kier molecular flexibility index (Phi) is 7.58. The predicted molar refractivity (Wildman–Crippen MR) is 108 cm³/mol. The Balaban J connectivity index is 1.41. The molecule has 2 aromatic rings. The summed E-state index contributed by atoms with van der Waals surface area (Å²) in [6.07, 6.45) is 2.11. The van der Waals surface area contributed by atoms with Crippen molar-refractivity contribution in [2.45, 2.75) is 19.4 Å². The van der Waals surface area contributed by atoms with Gasteiger partial charge in [0.25, 0.3) is 11.8 Å². The molecule has 3 rings (SSSR count). The summed E-state index contributed by atoms with van der Waals surface area (Å²) in [6.45, 7) is 3.07. The van der Waals surface area contributed by atoms with Crippen LogP contribution in [0.25, 0.3) is 0 Å². The summed E-state index contributed by atoms with van der Waals surface area (Å²) in [5, 5.41) is 5.91. The van der Waals surface area contributed by atoms with E-state index in [0.29, 0.717) is 25.4 Å². The number of likely N-dealkylation sites (tertiary alicyclic amines) is 1. The van der Waals surface area contributed by atoms with Crippen molar-refractivity contribution >= 4 is 11.8 Å². The van der Waals surface area contributed by atoms with Crippen LogP contribution in [-0.4, -0.2) is 49.5 Å². The number of carbonyl (C=O) groups excluding carboxylic acids is 2. The molecule has 2 N–H and O–H groups in total. The van der Waals surface area contributed by atoms with Gasteiger partial charge in [-0.05, 0) is 31.0 Å². The lowest BCUT2D eigenvalue weighted by atomic mass is 10.2. The minimum Gasteiger partial charge on any atom is -0.483 e. The van der Waals surface area contributed by atoms with Crippen molar-refractivity contribution in [3.05, 3.63) is 65.5 Å². The summed E-state index contributed by atoms with van der Waals surface area (Å²) < 4.78 is 19.3. The molecule has 0 saturated carbocycles. The number of amides is 2. The molecule has 0 spiro atoms. The summed E-state index contributed by atoms with van der Waals surface area (Å²) in [4.78, 5) is 26.0. The number of rotatable bonds is 9. The van der Waals surface area contributed by atoms with Gasteiger partial charge in [-0.1, -0.05) is 30.3 Å². The van der Waals surface area contributed by atoms with Crippen LogP contribution < -0.4 is 15.4 Å². The first kappa shape index (κ1) is 20.8. The summed E-state index contributed by atoms with van der Waals surface area (Å²) in [5.74, 6) is -0.286. The molecule has 0 bridgehead atoms. The van der Waals surface area contributed by atoms with E-state index < -0.39 is 11.7 Å². The average molecular weight is 399 g/mol. The number of para-hydroxylation sites is 1. The molecule has 29 heavy (non-hydrogen) atoms. The Hall–Kier alpha value is -2.93. The average Bonchev–Trinajstić information content (AvgIpc) is 3.28. The molecule has 7 heteroatoms. The first-order chi connectivity index (χ1) is 14.1. The van der Waals surface area contributed by atoms with Crippen molar-refractivity contribution in [3.8, 4) is 5.75 Å². The second-order valence-electron chi connectivity index (χ2n) is 6.90. The third-order valence-corrected chi connectivity index (χ3v) is 4.80. The SMILES string of the molecule is O=C(NCCNCc1ccccc1OCC(=O)N1CCCC1)c1ccccc1F. The second kappa shape index (κ2) is 10.6. The number of benzene rings is 2. The van der Waals surface area contributed by atoms with E-state index in [1.54, 1.807) is 12.1 Å². The quantitative estimate of drug-likeness (QED) is 0.635. The molecular weight excluding hydrogens is 373 g/mol. The highest BCUT2D eigenvalue weighted by molar-refractivity contribution is 5.94. The van der Waals surface area contributed by atoms with E-state index in [4.69, 9.17) is 4.74 Å². The number of hydrogen-bond acceptors (Lipinski definition) is 4. The van der Waals surface area contributed by atoms with Crippen LogP contribution in [0.4, 0.5) is 4.39 Å². The zero-order valence-electron chi connectivity index (χ0n) is 16.3. The summed E-state index contributed by atoms with van der Waals surface area (Å²) in [5.41, 5.74) is 0.969. The Morgan fingerprint density at radius 3 is 2.52 bits per heavy atom. The smallest absolute Gasteiger partial charge is 0.260 e. The first-order valence-electron chi connectivity index (χ1n) is 9.87. The molecule has 0 radical (unpaired) electrons. The fourth-order valence-corrected chi connectivity index (χ4v) is 3.22. The van der Waals surface area contributed by atoms with E-state index in [0.717, 1.165) is 31.5 Å². The van der Waals surface area contributed by atoms with E-state index >= 15 is 0 Å². The molecule has 1 saturated heterocycles. The fraction of sp³-hybridized carbons (Fsp3) is 0.364. The normalized spacial score (nSPS) is 13.3. The third kappa shape index (κ3) is 6.02. The lowest BCUT2D eigenvalue weighted by Crippen LogP contribution is -2.33. The third-order valence-electron chi connectivity index (χ3n) is 4.80. The van der Waals surface area contributed by atoms with E-state index in [1.807, 2.05) is 29.2 Å². The zero-order valence-corrected chi connectivity index (χ0v) is 16.3. The van der Waals surface area contributed by atoms with Gasteiger partial charge in [0, 0.05) is 38.3 Å². The summed E-state index contributed by atoms with van der Waals surface area (Å²) >= 11 is 0. The van der Waals surface area contributed by atoms with Crippen LogP contribution in [0.1, 0.15) is 28.8 Å². The molecule has 1 fully saturated rings. The molecule has 1 aliphatic heterocycles. The van der Waals surface area contributed by atoms with Crippen LogP contribution >= 0.6 is 0 Å². The van der Waals surface area contributed by atoms with Gasteiger partial charge in [0.2, 0.25) is 0 Å². The van der Waals surface area contributed by atoms with Crippen LogP contribution in [0.5, 0.6) is 5.75 Å². The van der Waals surface area contributed by atoms with Gasteiger partial charge in [-0.3, -0.25) is 9.59 Å². The number of nitrogens with zero attached hydrogens (tertiary/aromatic N) is 1. The lowest BCUT2D eigenvalue weighted by Gasteiger charge is -2.17. The van der Waals surface area contributed by atoms with Crippen molar-refractivity contribution in [1.29, 1.82) is 0 Å². The van der Waals surface area contributed by atoms with Gasteiger partial charge in [-0.15, -0.1) is 0 Å². The Labute approximate surface area is 170 Å². The largest absolute Gasteiger partial charge is 0.483 e. The molecule has 6 nitrogen and oxygen atoms in total. The van der Waals surface area contributed by atoms with Gasteiger partial charge in [-0.2, -0.15) is 0 Å². The maximum absolute atomic E-state index is 13.6. The molecule has 0 aromatic heterocycles. The Morgan fingerprint density at radius 2 is 1.72 bits per heavy atom. The van der Waals surface area contributed by atoms with Crippen molar-refractivity contribution < 1.29 is 18.7 Å². The summed E-state index contributed by atoms with van der Waals surface area (Å²) in [6, 6.07) is 13.4. The molecule has 1 aliphatic rings. The molecule has 0 atom stereocenters. The summed E-state index contributed by atoms with van der Waals surface area (Å²) in [7, 11) is 0. The number of carbonyl (C=O) groups is 2. The van der Waals surface area contributed by atoms with Gasteiger partial charge in [0.1, 0.15) is 11.6 Å². The highest BCUT2D eigenvalue weighted by Crippen LogP contribution is 2.18. The number of hydrogen-bond donors (Lipinski definition) is 2. The Morgan fingerprint density at radius 1 is 1.00 bits per heavy atom. The topological polar surface area (TPSA) is 70.7 Å². The van der Waals surface area contributed by atoms with Crippen molar-refractivity contribution in [2.75, 3.05) is 32.8 Å². The highest BCUT2D eigenvalue weighted by atomic mass is 19.1. The van der Waals surface area contributed by atoms with Crippen LogP contribution in [-0.2, 0) is 11.3 Å². The maximum atomic E-state index is 13.6. The second-order valence-corrected chi connectivity index (χ2v) is 6.90. The minimum absolute atomic E-state index is 0.0149. The van der Waals surface area contributed by atoms with Crippen LogP contribution in [0.3, 0.4) is 0 Å². The van der Waals surface area contributed by atoms with Crippen molar-refractivity contribution in [3.63, 3.8) is 0 Å². The highest BCUT2D eigenvalue weighted by Gasteiger charge is 2.18. The van der Waals surface area contributed by atoms with E-state index in [2.05, 4.69) is 10.6 Å². The van der Waals surface area contributed by atoms with E-state index in [1.165, 1.54) is 12.1 Å². The van der Waals surface area contributed by atoms with Gasteiger partial charge < -0.3 is 20.3 Å². The maximum Gasteiger partial charge on any atom is 0.260 e. The standard InChI is InChI=1S/C22H26FN3O3/c23-19-9-3-2-8-18(19)22(28)25-12-11-24-15-17-7-1-4-10-20(17)29-16-21(27)26-13-5-6-14-26/h1-4,7-10,24H,5-6,11-16H2,(H,25,28). The van der Waals surface area contributed by atoms with Crippen LogP contribution in [0.2, 0.25) is 0 Å². The molecular formula is C22H26FN3O3. The van der Waals surface area contributed by atoms with Crippen molar-refractivity contribution in [2.24, 2.45) is 0 Å². The molecule has 1 heterocycles.